The van der Waals surface area contributed by atoms with Gasteiger partial charge in [0.2, 0.25) is 5.91 Å². The maximum atomic E-state index is 15.0. The number of rotatable bonds is 5. The number of aryl methyl sites for hydroxylation is 1. The van der Waals surface area contributed by atoms with E-state index in [0.717, 1.165) is 22.4 Å². The molecule has 0 spiro atoms. The minimum Gasteiger partial charge on any atom is -0.333 e. The van der Waals surface area contributed by atoms with Gasteiger partial charge in [-0.15, -0.1) is 0 Å². The zero-order chi connectivity index (χ0) is 27.4. The lowest BCUT2D eigenvalue weighted by atomic mass is 10.0. The van der Waals surface area contributed by atoms with E-state index >= 15 is 8.78 Å². The van der Waals surface area contributed by atoms with Crippen molar-refractivity contribution in [2.45, 2.75) is 38.9 Å². The van der Waals surface area contributed by atoms with Gasteiger partial charge in [0.25, 0.3) is 0 Å². The Morgan fingerprint density at radius 1 is 1.08 bits per heavy atom. The third-order valence-electron chi connectivity index (χ3n) is 6.20. The van der Waals surface area contributed by atoms with Crippen LogP contribution in [-0.4, -0.2) is 30.4 Å². The van der Waals surface area contributed by atoms with E-state index in [2.05, 4.69) is 19.9 Å². The molecule has 0 bridgehead atoms. The van der Waals surface area contributed by atoms with Gasteiger partial charge in [-0.1, -0.05) is 13.8 Å². The first-order valence-corrected chi connectivity index (χ1v) is 11.6. The second-order valence-electron chi connectivity index (χ2n) is 9.28. The van der Waals surface area contributed by atoms with Gasteiger partial charge >= 0.3 is 6.18 Å². The molecule has 0 radical (unpaired) electrons. The Morgan fingerprint density at radius 3 is 2.42 bits per heavy atom. The highest BCUT2D eigenvalue weighted by Crippen LogP contribution is 2.35. The van der Waals surface area contributed by atoms with Gasteiger partial charge in [-0.3, -0.25) is 14.7 Å². The number of aromatic nitrogens is 5. The van der Waals surface area contributed by atoms with Crippen LogP contribution in [0.2, 0.25) is 0 Å². The fourth-order valence-corrected chi connectivity index (χ4v) is 4.44. The number of hydrogen-bond donors (Lipinski definition) is 0. The van der Waals surface area contributed by atoms with Crippen LogP contribution in [-0.2, 0) is 31.0 Å². The molecule has 1 aliphatic rings. The lowest BCUT2D eigenvalue weighted by Gasteiger charge is -2.18. The Balaban J connectivity index is 1.49. The number of imidazole rings is 1. The fraction of sp³-hybridized carbons (Fsp3) is 0.269. The van der Waals surface area contributed by atoms with Gasteiger partial charge in [0.05, 0.1) is 24.2 Å². The predicted octanol–water partition coefficient (Wildman–Crippen LogP) is 5.45. The highest BCUT2D eigenvalue weighted by atomic mass is 19.4. The van der Waals surface area contributed by atoms with E-state index < -0.39 is 34.9 Å². The summed E-state index contributed by atoms with van der Waals surface area (Å²) in [6.07, 6.45) is -0.860. The molecule has 0 N–H and O–H groups in total. The molecule has 3 aromatic heterocycles. The minimum atomic E-state index is -4.77. The lowest BCUT2D eigenvalue weighted by Crippen LogP contribution is -2.27. The summed E-state index contributed by atoms with van der Waals surface area (Å²) in [6.45, 7) is 3.77. The highest BCUT2D eigenvalue weighted by molar-refractivity contribution is 6.00. The molecule has 0 saturated carbocycles. The molecule has 7 nitrogen and oxygen atoms in total. The zero-order valence-corrected chi connectivity index (χ0v) is 20.5. The van der Waals surface area contributed by atoms with Gasteiger partial charge in [0.1, 0.15) is 23.3 Å². The molecule has 1 aliphatic heterocycles. The van der Waals surface area contributed by atoms with E-state index in [1.165, 1.54) is 11.9 Å². The van der Waals surface area contributed by atoms with Crippen molar-refractivity contribution < 1.29 is 26.7 Å². The molecule has 12 heteroatoms. The van der Waals surface area contributed by atoms with E-state index in [-0.39, 0.29) is 30.4 Å². The SMILES string of the molecule is CC(C)c1ncccc1-c1ncc2c(n1)N(Cc1cc(F)c(-c3nc(C(F)(F)F)cn3C)c(F)c1)C(=O)C2. The molecule has 1 aromatic carbocycles. The molecule has 0 aliphatic carbocycles. The van der Waals surface area contributed by atoms with E-state index in [4.69, 9.17) is 0 Å². The van der Waals surface area contributed by atoms with E-state index in [9.17, 15) is 18.0 Å². The van der Waals surface area contributed by atoms with Crippen molar-refractivity contribution in [2.24, 2.45) is 7.05 Å². The van der Waals surface area contributed by atoms with Crippen molar-refractivity contribution >= 4 is 11.7 Å². The number of amides is 1. The first-order valence-electron chi connectivity index (χ1n) is 11.6. The fourth-order valence-electron chi connectivity index (χ4n) is 4.44. The summed E-state index contributed by atoms with van der Waals surface area (Å²) in [4.78, 5) is 30.9. The monoisotopic (exact) mass is 528 g/mol. The third kappa shape index (κ3) is 4.50. The number of alkyl halides is 3. The van der Waals surface area contributed by atoms with Gasteiger partial charge in [-0.25, -0.2) is 23.7 Å². The Kier molecular flexibility index (Phi) is 6.20. The Morgan fingerprint density at radius 2 is 1.79 bits per heavy atom. The van der Waals surface area contributed by atoms with Crippen LogP contribution in [0.4, 0.5) is 27.8 Å². The Labute approximate surface area is 214 Å². The molecule has 38 heavy (non-hydrogen) atoms. The maximum Gasteiger partial charge on any atom is 0.434 e. The lowest BCUT2D eigenvalue weighted by molar-refractivity contribution is -0.140. The zero-order valence-electron chi connectivity index (χ0n) is 20.5. The number of hydrogen-bond acceptors (Lipinski definition) is 5. The Hall–Kier alpha value is -4.22. The summed E-state index contributed by atoms with van der Waals surface area (Å²) < 4.78 is 70.1. The molecular weight excluding hydrogens is 507 g/mol. The number of carbonyl (C=O) groups excluding carboxylic acids is 1. The average molecular weight is 528 g/mol. The molecule has 0 unspecified atom stereocenters. The van der Waals surface area contributed by atoms with Crippen LogP contribution in [0, 0.1) is 11.6 Å². The molecule has 4 heterocycles. The van der Waals surface area contributed by atoms with Crippen LogP contribution in [0.3, 0.4) is 0 Å². The minimum absolute atomic E-state index is 0.0240. The van der Waals surface area contributed by atoms with Gasteiger partial charge in [0.15, 0.2) is 11.5 Å². The van der Waals surface area contributed by atoms with Crippen LogP contribution < -0.4 is 4.90 Å². The number of benzene rings is 1. The van der Waals surface area contributed by atoms with Gasteiger partial charge in [-0.05, 0) is 35.7 Å². The topological polar surface area (TPSA) is 76.8 Å². The number of fused-ring (bicyclic) bond motifs is 1. The quantitative estimate of drug-likeness (QED) is 0.322. The molecule has 0 saturated heterocycles. The van der Waals surface area contributed by atoms with Crippen molar-refractivity contribution in [3.8, 4) is 22.8 Å². The summed E-state index contributed by atoms with van der Waals surface area (Å²) in [5.74, 6) is -2.26. The van der Waals surface area contributed by atoms with Crippen molar-refractivity contribution in [1.82, 2.24) is 24.5 Å². The number of nitrogens with zero attached hydrogens (tertiary/aromatic N) is 6. The summed E-state index contributed by atoms with van der Waals surface area (Å²) >= 11 is 0. The van der Waals surface area contributed by atoms with E-state index in [1.807, 2.05) is 19.9 Å². The van der Waals surface area contributed by atoms with Crippen LogP contribution >= 0.6 is 0 Å². The molecule has 1 amide bonds. The molecule has 0 fully saturated rings. The predicted molar refractivity (Wildman–Crippen MR) is 128 cm³/mol. The van der Waals surface area contributed by atoms with Gasteiger partial charge in [-0.2, -0.15) is 13.2 Å². The van der Waals surface area contributed by atoms with E-state index in [1.54, 1.807) is 18.5 Å². The van der Waals surface area contributed by atoms with Crippen molar-refractivity contribution in [3.63, 3.8) is 0 Å². The van der Waals surface area contributed by atoms with E-state index in [0.29, 0.717) is 29.0 Å². The molecule has 5 rings (SSSR count). The van der Waals surface area contributed by atoms with Crippen molar-refractivity contribution in [1.29, 1.82) is 0 Å². The van der Waals surface area contributed by atoms with Crippen LogP contribution in [0.1, 0.15) is 42.3 Å². The number of pyridine rings is 1. The standard InChI is InChI=1S/C26H21F5N6O/c1-13(2)22-16(5-4-6-32-22)23-33-10-15-9-20(38)37(24(15)35-23)11-14-7-17(27)21(18(28)8-14)25-34-19(12-36(25)3)26(29,30)31/h4-8,10,12-13H,9,11H2,1-3H3. The van der Waals surface area contributed by atoms with Crippen molar-refractivity contribution in [3.05, 3.63) is 77.0 Å². The average Bonchev–Trinajstić information content (AvgIpc) is 3.38. The van der Waals surface area contributed by atoms with Gasteiger partial charge in [0, 0.05) is 36.8 Å². The largest absolute Gasteiger partial charge is 0.434 e. The molecule has 0 atom stereocenters. The highest BCUT2D eigenvalue weighted by Gasteiger charge is 2.36. The summed E-state index contributed by atoms with van der Waals surface area (Å²) in [6, 6.07) is 5.54. The summed E-state index contributed by atoms with van der Waals surface area (Å²) in [7, 11) is 1.22. The second-order valence-corrected chi connectivity index (χ2v) is 9.28. The maximum absolute atomic E-state index is 15.0. The number of halogens is 5. The van der Waals surface area contributed by atoms with Crippen LogP contribution in [0.5, 0.6) is 0 Å². The first kappa shape index (κ1) is 25.4. The molecular formula is C26H21F5N6O. The smallest absolute Gasteiger partial charge is 0.333 e. The first-order chi connectivity index (χ1) is 17.9. The van der Waals surface area contributed by atoms with Crippen molar-refractivity contribution in [2.75, 3.05) is 4.90 Å². The van der Waals surface area contributed by atoms with Gasteiger partial charge < -0.3 is 4.57 Å². The summed E-state index contributed by atoms with van der Waals surface area (Å²) in [5, 5.41) is 0. The second kappa shape index (κ2) is 9.26. The third-order valence-corrected chi connectivity index (χ3v) is 6.20. The number of carbonyl (C=O) groups is 1. The van der Waals surface area contributed by atoms with Crippen LogP contribution in [0.25, 0.3) is 22.8 Å². The molecule has 196 valence electrons. The molecule has 4 aromatic rings. The summed E-state index contributed by atoms with van der Waals surface area (Å²) in [5.41, 5.74) is 0.202. The Bertz CT molecular complexity index is 1540. The normalized spacial score (nSPS) is 13.5. The van der Waals surface area contributed by atoms with Crippen LogP contribution in [0.15, 0.2) is 42.9 Å². The number of anilines is 1.